The lowest BCUT2D eigenvalue weighted by atomic mass is 9.77. The number of fused-ring (bicyclic) bond motifs is 1. The largest absolute Gasteiger partial charge is 0.378 e. The number of benzene rings is 3. The first-order valence-electron chi connectivity index (χ1n) is 13.3. The van der Waals surface area contributed by atoms with Crippen molar-refractivity contribution < 1.29 is 9.72 Å². The van der Waals surface area contributed by atoms with E-state index < -0.39 is 10.8 Å². The minimum Gasteiger partial charge on any atom is -0.378 e. The van der Waals surface area contributed by atoms with Crippen LogP contribution in [0, 0.1) is 16.0 Å². The lowest BCUT2D eigenvalue weighted by molar-refractivity contribution is -0.384. The number of hydrazone groups is 1. The number of hydrogen-bond acceptors (Lipinski definition) is 6. The molecule has 0 saturated heterocycles. The molecule has 1 amide bonds. The summed E-state index contributed by atoms with van der Waals surface area (Å²) in [7, 11) is 7.98. The van der Waals surface area contributed by atoms with Crippen LogP contribution in [-0.2, 0) is 0 Å². The molecule has 1 fully saturated rings. The predicted octanol–water partition coefficient (Wildman–Crippen LogP) is 6.82. The minimum atomic E-state index is -0.525. The highest BCUT2D eigenvalue weighted by molar-refractivity contribution is 6.34. The maximum atomic E-state index is 14.0. The van der Waals surface area contributed by atoms with Crippen LogP contribution < -0.4 is 9.80 Å². The van der Waals surface area contributed by atoms with Crippen molar-refractivity contribution in [2.24, 2.45) is 11.0 Å². The zero-order valence-corrected chi connectivity index (χ0v) is 23.8. The predicted molar refractivity (Wildman–Crippen MR) is 161 cm³/mol. The Morgan fingerprint density at radius 1 is 1.00 bits per heavy atom. The van der Waals surface area contributed by atoms with E-state index in [-0.39, 0.29) is 28.2 Å². The molecular formula is C31H32ClN5O3. The molecule has 0 N–H and O–H groups in total. The molecule has 5 rings (SSSR count). The van der Waals surface area contributed by atoms with Crippen LogP contribution in [0.15, 0.2) is 77.4 Å². The molecule has 0 bridgehead atoms. The molecule has 0 unspecified atom stereocenters. The molecule has 0 radical (unpaired) electrons. The van der Waals surface area contributed by atoms with Crippen molar-refractivity contribution in [3.63, 3.8) is 0 Å². The number of anilines is 2. The molecule has 2 atom stereocenters. The summed E-state index contributed by atoms with van der Waals surface area (Å²) < 4.78 is 0. The Labute approximate surface area is 239 Å². The van der Waals surface area contributed by atoms with Crippen LogP contribution in [0.2, 0.25) is 5.02 Å². The third kappa shape index (κ3) is 5.31. The van der Waals surface area contributed by atoms with E-state index in [0.29, 0.717) is 0 Å². The zero-order chi connectivity index (χ0) is 28.6. The highest BCUT2D eigenvalue weighted by Crippen LogP contribution is 2.45. The maximum Gasteiger partial charge on any atom is 0.276 e. The fourth-order valence-corrected chi connectivity index (χ4v) is 5.65. The summed E-state index contributed by atoms with van der Waals surface area (Å²) in [5.41, 5.74) is 6.07. The second-order valence-electron chi connectivity index (χ2n) is 10.6. The highest BCUT2D eigenvalue weighted by atomic mass is 35.5. The Morgan fingerprint density at radius 3 is 2.23 bits per heavy atom. The van der Waals surface area contributed by atoms with Crippen LogP contribution in [-0.4, -0.2) is 49.7 Å². The molecule has 1 aliphatic carbocycles. The molecule has 9 heteroatoms. The summed E-state index contributed by atoms with van der Waals surface area (Å²) in [6.45, 7) is 0. The molecule has 1 heterocycles. The molecule has 3 aromatic rings. The van der Waals surface area contributed by atoms with Crippen LogP contribution in [0.1, 0.15) is 46.8 Å². The first-order chi connectivity index (χ1) is 19.1. The van der Waals surface area contributed by atoms with Gasteiger partial charge in [0.25, 0.3) is 11.6 Å². The van der Waals surface area contributed by atoms with Gasteiger partial charge in [0, 0.05) is 57.6 Å². The van der Waals surface area contributed by atoms with E-state index in [1.165, 1.54) is 23.2 Å². The Hall–Kier alpha value is -4.17. The Morgan fingerprint density at radius 2 is 1.62 bits per heavy atom. The lowest BCUT2D eigenvalue weighted by Gasteiger charge is -2.30. The van der Waals surface area contributed by atoms with Gasteiger partial charge in [-0.2, -0.15) is 5.10 Å². The molecule has 8 nitrogen and oxygen atoms in total. The van der Waals surface area contributed by atoms with Crippen LogP contribution >= 0.6 is 11.6 Å². The molecule has 0 spiro atoms. The molecule has 3 aromatic carbocycles. The molecule has 1 aliphatic heterocycles. The van der Waals surface area contributed by atoms with Gasteiger partial charge >= 0.3 is 0 Å². The second kappa shape index (κ2) is 11.1. The zero-order valence-electron chi connectivity index (χ0n) is 23.0. The number of amides is 1. The molecule has 1 saturated carbocycles. The number of allylic oxidation sites excluding steroid dienone is 1. The fraction of sp³-hybridized carbons (Fsp3) is 0.290. The van der Waals surface area contributed by atoms with Crippen molar-refractivity contribution in [2.45, 2.75) is 25.3 Å². The van der Waals surface area contributed by atoms with Crippen LogP contribution in [0.5, 0.6) is 0 Å². The van der Waals surface area contributed by atoms with Crippen molar-refractivity contribution in [2.75, 3.05) is 38.0 Å². The Balaban J connectivity index is 1.58. The minimum absolute atomic E-state index is 0.00678. The van der Waals surface area contributed by atoms with Gasteiger partial charge in [-0.15, -0.1) is 0 Å². The van der Waals surface area contributed by atoms with Crippen molar-refractivity contribution >= 4 is 46.4 Å². The summed E-state index contributed by atoms with van der Waals surface area (Å²) >= 11 is 6.41. The number of rotatable bonds is 6. The maximum absolute atomic E-state index is 14.0. The number of hydrogen-bond donors (Lipinski definition) is 0. The third-order valence-corrected chi connectivity index (χ3v) is 7.93. The first-order valence-corrected chi connectivity index (χ1v) is 13.6. The second-order valence-corrected chi connectivity index (χ2v) is 11.0. The molecule has 2 aliphatic rings. The average Bonchev–Trinajstić information content (AvgIpc) is 3.34. The monoisotopic (exact) mass is 557 g/mol. The molecule has 206 valence electrons. The molecule has 40 heavy (non-hydrogen) atoms. The summed E-state index contributed by atoms with van der Waals surface area (Å²) in [4.78, 5) is 29.0. The van der Waals surface area contributed by atoms with Gasteiger partial charge in [0.2, 0.25) is 0 Å². The van der Waals surface area contributed by atoms with Gasteiger partial charge in [0.1, 0.15) is 0 Å². The van der Waals surface area contributed by atoms with Crippen molar-refractivity contribution in [1.82, 2.24) is 5.01 Å². The van der Waals surface area contributed by atoms with E-state index in [9.17, 15) is 14.9 Å². The Bertz CT molecular complexity index is 1500. The fourth-order valence-electron chi connectivity index (χ4n) is 5.45. The number of nitrogens with zero attached hydrogens (tertiary/aromatic N) is 5. The van der Waals surface area contributed by atoms with Gasteiger partial charge in [0.15, 0.2) is 0 Å². The third-order valence-electron chi connectivity index (χ3n) is 7.60. The average molecular weight is 558 g/mol. The number of non-ortho nitro benzene ring substituents is 1. The Kier molecular flexibility index (Phi) is 7.63. The van der Waals surface area contributed by atoms with Gasteiger partial charge in [0.05, 0.1) is 27.3 Å². The van der Waals surface area contributed by atoms with E-state index in [4.69, 9.17) is 16.7 Å². The number of carbonyl (C=O) groups is 1. The van der Waals surface area contributed by atoms with Gasteiger partial charge in [-0.05, 0) is 72.4 Å². The van der Waals surface area contributed by atoms with E-state index in [1.807, 2.05) is 57.4 Å². The van der Waals surface area contributed by atoms with E-state index >= 15 is 0 Å². The van der Waals surface area contributed by atoms with Crippen molar-refractivity contribution in [1.29, 1.82) is 0 Å². The normalized spacial score (nSPS) is 19.3. The van der Waals surface area contributed by atoms with E-state index in [2.05, 4.69) is 35.2 Å². The van der Waals surface area contributed by atoms with Crippen LogP contribution in [0.25, 0.3) is 6.08 Å². The summed E-state index contributed by atoms with van der Waals surface area (Å²) in [5, 5.41) is 18.0. The van der Waals surface area contributed by atoms with Gasteiger partial charge in [-0.3, -0.25) is 14.9 Å². The van der Waals surface area contributed by atoms with Gasteiger partial charge < -0.3 is 9.80 Å². The van der Waals surface area contributed by atoms with E-state index in [1.54, 1.807) is 0 Å². The topological polar surface area (TPSA) is 82.3 Å². The summed E-state index contributed by atoms with van der Waals surface area (Å²) in [6.07, 6.45) is 4.86. The van der Waals surface area contributed by atoms with Crippen LogP contribution in [0.3, 0.4) is 0 Å². The number of nitro benzene ring substituents is 1. The number of nitro groups is 1. The summed E-state index contributed by atoms with van der Waals surface area (Å²) in [5.74, 6) is -0.459. The number of halogens is 1. The molecule has 0 aromatic heterocycles. The lowest BCUT2D eigenvalue weighted by Crippen LogP contribution is -2.32. The van der Waals surface area contributed by atoms with E-state index in [0.717, 1.165) is 53.0 Å². The molecular weight excluding hydrogens is 526 g/mol. The SMILES string of the molecule is CN(C)c1ccc(/C=C2\CCC[C@H]3C2=NN(C(=O)c2cc([N+](=O)[O-])ccc2Cl)[C@@H]3c2ccc(N(C)C)cc2)cc1. The van der Waals surface area contributed by atoms with Gasteiger partial charge in [-0.25, -0.2) is 5.01 Å². The smallest absolute Gasteiger partial charge is 0.276 e. The van der Waals surface area contributed by atoms with Crippen molar-refractivity contribution in [3.05, 3.63) is 104 Å². The quantitative estimate of drug-likeness (QED) is 0.245. The highest BCUT2D eigenvalue weighted by Gasteiger charge is 2.44. The first kappa shape index (κ1) is 27.4. The summed E-state index contributed by atoms with van der Waals surface area (Å²) in [6, 6.07) is 20.0. The van der Waals surface area contributed by atoms with Crippen molar-refractivity contribution in [3.8, 4) is 0 Å². The standard InChI is InChI=1S/C31H32ClN5O3/c1-34(2)23-12-8-20(9-13-23)18-22-6-5-7-26-29(22)33-36(30(26)21-10-14-24(15-11-21)35(3)4)31(38)27-19-25(37(39)40)16-17-28(27)32/h8-19,26,30H,5-7H2,1-4H3/b22-18+/t26-,30+/m0/s1. The van der Waals surface area contributed by atoms with Gasteiger partial charge in [-0.1, -0.05) is 35.9 Å². The number of carbonyl (C=O) groups excluding carboxylic acids is 1. The van der Waals surface area contributed by atoms with Crippen LogP contribution in [0.4, 0.5) is 17.1 Å².